The first-order valence-electron chi connectivity index (χ1n) is 9.11. The minimum atomic E-state index is -3.93. The van der Waals surface area contributed by atoms with Gasteiger partial charge in [0.1, 0.15) is 10.7 Å². The maximum absolute atomic E-state index is 13.9. The van der Waals surface area contributed by atoms with Crippen LogP contribution in [0.5, 0.6) is 11.5 Å². The number of carbonyl (C=O) groups excluding carboxylic acids is 1. The van der Waals surface area contributed by atoms with Crippen LogP contribution in [0, 0.1) is 5.82 Å². The summed E-state index contributed by atoms with van der Waals surface area (Å²) >= 11 is 0. The minimum absolute atomic E-state index is 0.105. The van der Waals surface area contributed by atoms with Crippen molar-refractivity contribution in [1.82, 2.24) is 14.5 Å². The second kappa shape index (κ2) is 7.88. The van der Waals surface area contributed by atoms with Crippen LogP contribution in [0.2, 0.25) is 0 Å². The van der Waals surface area contributed by atoms with E-state index in [0.29, 0.717) is 18.0 Å². The van der Waals surface area contributed by atoms with Gasteiger partial charge >= 0.3 is 6.03 Å². The van der Waals surface area contributed by atoms with E-state index in [2.05, 4.69) is 5.32 Å². The molecule has 0 unspecified atom stereocenters. The average Bonchev–Trinajstić information content (AvgIpc) is 3.20. The summed E-state index contributed by atoms with van der Waals surface area (Å²) in [5.41, 5.74) is 0.864. The number of nitrogens with zero attached hydrogens (tertiary/aromatic N) is 2. The highest BCUT2D eigenvalue weighted by atomic mass is 32.2. The third-order valence-electron chi connectivity index (χ3n) is 4.86. The van der Waals surface area contributed by atoms with E-state index in [0.717, 1.165) is 11.6 Å². The zero-order chi connectivity index (χ0) is 20.4. The minimum Gasteiger partial charge on any atom is -0.454 e. The van der Waals surface area contributed by atoms with Crippen molar-refractivity contribution < 1.29 is 27.1 Å². The van der Waals surface area contributed by atoms with Crippen molar-refractivity contribution in [3.8, 4) is 11.5 Å². The Morgan fingerprint density at radius 3 is 2.52 bits per heavy atom. The highest BCUT2D eigenvalue weighted by Gasteiger charge is 2.31. The largest absolute Gasteiger partial charge is 0.454 e. The van der Waals surface area contributed by atoms with E-state index in [9.17, 15) is 17.6 Å². The molecule has 2 amide bonds. The summed E-state index contributed by atoms with van der Waals surface area (Å²) < 4.78 is 50.9. The van der Waals surface area contributed by atoms with Crippen LogP contribution in [0.4, 0.5) is 9.18 Å². The lowest BCUT2D eigenvalue weighted by molar-refractivity contribution is 0.171. The Bertz CT molecular complexity index is 1020. The summed E-state index contributed by atoms with van der Waals surface area (Å²) in [7, 11) is -3.93. The normalized spacial score (nSPS) is 16.7. The molecule has 154 valence electrons. The van der Waals surface area contributed by atoms with E-state index < -0.39 is 15.8 Å². The fraction of sp³-hybridized carbons (Fsp3) is 0.316. The van der Waals surface area contributed by atoms with Gasteiger partial charge in [0.2, 0.25) is 16.8 Å². The number of nitrogens with one attached hydrogen (secondary N) is 1. The molecule has 2 aliphatic heterocycles. The highest BCUT2D eigenvalue weighted by Crippen LogP contribution is 2.32. The number of benzene rings is 2. The number of carbonyl (C=O) groups is 1. The van der Waals surface area contributed by atoms with Gasteiger partial charge in [-0.2, -0.15) is 4.31 Å². The van der Waals surface area contributed by atoms with Crippen LogP contribution >= 0.6 is 0 Å². The predicted molar refractivity (Wildman–Crippen MR) is 102 cm³/mol. The molecule has 2 aromatic carbocycles. The summed E-state index contributed by atoms with van der Waals surface area (Å²) in [4.78, 5) is 13.6. The Morgan fingerprint density at radius 2 is 1.76 bits per heavy atom. The molecule has 0 atom stereocenters. The summed E-state index contributed by atoms with van der Waals surface area (Å²) in [6, 6.07) is 10.4. The van der Waals surface area contributed by atoms with Crippen LogP contribution in [-0.4, -0.2) is 56.6 Å². The van der Waals surface area contributed by atoms with Crippen LogP contribution in [-0.2, 0) is 16.6 Å². The quantitative estimate of drug-likeness (QED) is 0.813. The fourth-order valence-electron chi connectivity index (χ4n) is 3.26. The van der Waals surface area contributed by atoms with Gasteiger partial charge in [0.05, 0.1) is 0 Å². The molecule has 2 heterocycles. The van der Waals surface area contributed by atoms with Crippen LogP contribution < -0.4 is 14.8 Å². The number of amides is 2. The zero-order valence-electron chi connectivity index (χ0n) is 15.5. The van der Waals surface area contributed by atoms with Crippen LogP contribution in [0.1, 0.15) is 5.56 Å². The second-order valence-electron chi connectivity index (χ2n) is 6.67. The number of urea groups is 1. The standard InChI is InChI=1S/C19H20FN3O5S/c20-15-3-1-2-4-18(15)29(25,26)23-9-7-22(8-10-23)19(24)21-12-14-5-6-16-17(11-14)28-13-27-16/h1-6,11H,7-10,12-13H2,(H,21,24). The number of piperazine rings is 1. The maximum atomic E-state index is 13.9. The third kappa shape index (κ3) is 3.99. The average molecular weight is 421 g/mol. The van der Waals surface area contributed by atoms with E-state index in [1.54, 1.807) is 11.0 Å². The number of halogens is 1. The van der Waals surface area contributed by atoms with Gasteiger partial charge in [0.25, 0.3) is 0 Å². The number of fused-ring (bicyclic) bond motifs is 1. The maximum Gasteiger partial charge on any atom is 0.317 e. The zero-order valence-corrected chi connectivity index (χ0v) is 16.3. The van der Waals surface area contributed by atoms with Crippen LogP contribution in [0.25, 0.3) is 0 Å². The molecule has 4 rings (SSSR count). The molecule has 1 N–H and O–H groups in total. The van der Waals surface area contributed by atoms with Gasteiger partial charge in [-0.05, 0) is 29.8 Å². The molecule has 0 spiro atoms. The van der Waals surface area contributed by atoms with E-state index in [-0.39, 0.29) is 43.9 Å². The highest BCUT2D eigenvalue weighted by molar-refractivity contribution is 7.89. The first-order valence-corrected chi connectivity index (χ1v) is 10.5. The fourth-order valence-corrected chi connectivity index (χ4v) is 4.75. The van der Waals surface area contributed by atoms with Gasteiger partial charge in [-0.3, -0.25) is 0 Å². The lowest BCUT2D eigenvalue weighted by atomic mass is 10.2. The van der Waals surface area contributed by atoms with Crippen molar-refractivity contribution in [3.05, 3.63) is 53.8 Å². The lowest BCUT2D eigenvalue weighted by Crippen LogP contribution is -2.53. The summed E-state index contributed by atoms with van der Waals surface area (Å²) in [5, 5.41) is 2.82. The van der Waals surface area contributed by atoms with Gasteiger partial charge in [0.15, 0.2) is 11.5 Å². The Kier molecular flexibility index (Phi) is 5.29. The molecule has 8 nitrogen and oxygen atoms in total. The number of hydrogen-bond donors (Lipinski definition) is 1. The number of sulfonamides is 1. The van der Waals surface area contributed by atoms with E-state index >= 15 is 0 Å². The smallest absolute Gasteiger partial charge is 0.317 e. The first-order chi connectivity index (χ1) is 13.9. The number of ether oxygens (including phenoxy) is 2. The summed E-state index contributed by atoms with van der Waals surface area (Å²) in [6.07, 6.45) is 0. The van der Waals surface area contributed by atoms with Crippen LogP contribution in [0.3, 0.4) is 0 Å². The topological polar surface area (TPSA) is 88.2 Å². The first kappa shape index (κ1) is 19.5. The van der Waals surface area contributed by atoms with Gasteiger partial charge in [-0.1, -0.05) is 18.2 Å². The van der Waals surface area contributed by atoms with Gasteiger partial charge in [-0.25, -0.2) is 17.6 Å². The molecule has 0 radical (unpaired) electrons. The molecule has 0 aromatic heterocycles. The van der Waals surface area contributed by atoms with E-state index in [1.807, 2.05) is 12.1 Å². The monoisotopic (exact) mass is 421 g/mol. The van der Waals surface area contributed by atoms with Gasteiger partial charge in [0, 0.05) is 32.7 Å². The molecule has 0 bridgehead atoms. The lowest BCUT2D eigenvalue weighted by Gasteiger charge is -2.34. The van der Waals surface area contributed by atoms with Crippen molar-refractivity contribution in [2.24, 2.45) is 0 Å². The van der Waals surface area contributed by atoms with Crippen molar-refractivity contribution in [2.45, 2.75) is 11.4 Å². The third-order valence-corrected chi connectivity index (χ3v) is 6.79. The molecular formula is C19H20FN3O5S. The Balaban J connectivity index is 1.32. The summed E-state index contributed by atoms with van der Waals surface area (Å²) in [6.45, 7) is 1.15. The summed E-state index contributed by atoms with van der Waals surface area (Å²) in [5.74, 6) is 0.535. The van der Waals surface area contributed by atoms with Crippen molar-refractivity contribution in [1.29, 1.82) is 0 Å². The van der Waals surface area contributed by atoms with Gasteiger partial charge < -0.3 is 19.7 Å². The van der Waals surface area contributed by atoms with E-state index in [1.165, 1.54) is 22.5 Å². The molecule has 1 saturated heterocycles. The Hall–Kier alpha value is -2.85. The van der Waals surface area contributed by atoms with Crippen molar-refractivity contribution in [3.63, 3.8) is 0 Å². The van der Waals surface area contributed by atoms with E-state index in [4.69, 9.17) is 9.47 Å². The molecular weight excluding hydrogens is 401 g/mol. The Morgan fingerprint density at radius 1 is 1.03 bits per heavy atom. The Labute approximate surface area is 167 Å². The molecule has 29 heavy (non-hydrogen) atoms. The number of rotatable bonds is 4. The second-order valence-corrected chi connectivity index (χ2v) is 8.57. The molecule has 2 aromatic rings. The molecule has 1 fully saturated rings. The van der Waals surface area contributed by atoms with Gasteiger partial charge in [-0.15, -0.1) is 0 Å². The molecule has 0 aliphatic carbocycles. The van der Waals surface area contributed by atoms with Crippen LogP contribution in [0.15, 0.2) is 47.4 Å². The number of hydrogen-bond acceptors (Lipinski definition) is 5. The predicted octanol–water partition coefficient (Wildman–Crippen LogP) is 1.77. The van der Waals surface area contributed by atoms with Crippen molar-refractivity contribution in [2.75, 3.05) is 33.0 Å². The molecule has 0 saturated carbocycles. The SMILES string of the molecule is O=C(NCc1ccc2c(c1)OCO2)N1CCN(S(=O)(=O)c2ccccc2F)CC1. The molecule has 10 heteroatoms. The molecule has 2 aliphatic rings. The van der Waals surface area contributed by atoms with Crippen molar-refractivity contribution >= 4 is 16.1 Å².